The van der Waals surface area contributed by atoms with Crippen LogP contribution in [0.5, 0.6) is 5.75 Å². The van der Waals surface area contributed by atoms with Crippen LogP contribution in [0.4, 0.5) is 0 Å². The summed E-state index contributed by atoms with van der Waals surface area (Å²) in [6.45, 7) is 7.97. The third kappa shape index (κ3) is 3.81. The fourth-order valence-corrected chi connectivity index (χ4v) is 5.29. The first-order valence-corrected chi connectivity index (χ1v) is 11.2. The van der Waals surface area contributed by atoms with E-state index in [9.17, 15) is 9.59 Å². The zero-order valence-electron chi connectivity index (χ0n) is 17.6. The van der Waals surface area contributed by atoms with Crippen molar-refractivity contribution in [1.82, 2.24) is 14.7 Å². The van der Waals surface area contributed by atoms with E-state index in [1.165, 1.54) is 5.56 Å². The fraction of sp³-hybridized carbons (Fsp3) is 0.652. The number of fused-ring (bicyclic) bond motifs is 1. The third-order valence-electron chi connectivity index (χ3n) is 7.21. The van der Waals surface area contributed by atoms with Crippen molar-refractivity contribution >= 4 is 11.8 Å². The topological polar surface area (TPSA) is 62.3 Å². The van der Waals surface area contributed by atoms with E-state index in [1.807, 2.05) is 21.9 Å². The van der Waals surface area contributed by atoms with Crippen molar-refractivity contribution in [1.29, 1.82) is 0 Å². The lowest BCUT2D eigenvalue weighted by Gasteiger charge is -2.29. The second-order valence-corrected chi connectivity index (χ2v) is 9.06. The molecular weight excluding hydrogens is 382 g/mol. The molecule has 0 radical (unpaired) electrons. The molecule has 3 saturated heterocycles. The van der Waals surface area contributed by atoms with Crippen LogP contribution in [0.3, 0.4) is 0 Å². The van der Waals surface area contributed by atoms with Gasteiger partial charge in [0, 0.05) is 52.2 Å². The second-order valence-electron chi connectivity index (χ2n) is 9.06. The van der Waals surface area contributed by atoms with E-state index in [0.29, 0.717) is 19.5 Å². The summed E-state index contributed by atoms with van der Waals surface area (Å²) in [6, 6.07) is 6.06. The number of carbonyl (C=O) groups is 2. The van der Waals surface area contributed by atoms with E-state index in [4.69, 9.17) is 9.47 Å². The van der Waals surface area contributed by atoms with Crippen LogP contribution >= 0.6 is 0 Å². The minimum atomic E-state index is -0.355. The maximum atomic E-state index is 13.2. The number of hydrogen-bond donors (Lipinski definition) is 0. The molecule has 0 bridgehead atoms. The van der Waals surface area contributed by atoms with Gasteiger partial charge in [0.1, 0.15) is 5.75 Å². The highest BCUT2D eigenvalue weighted by Crippen LogP contribution is 2.40. The molecule has 0 aromatic heterocycles. The first kappa shape index (κ1) is 19.8. The largest absolute Gasteiger partial charge is 0.493 e. The summed E-state index contributed by atoms with van der Waals surface area (Å²) < 4.78 is 11.0. The van der Waals surface area contributed by atoms with Crippen molar-refractivity contribution in [2.24, 2.45) is 5.41 Å². The van der Waals surface area contributed by atoms with E-state index in [2.05, 4.69) is 11.0 Å². The first-order valence-electron chi connectivity index (χ1n) is 11.2. The molecule has 1 atom stereocenters. The van der Waals surface area contributed by atoms with Crippen LogP contribution < -0.4 is 4.74 Å². The SMILES string of the molecule is O=C(Cc1ccc2c(c1)CCO2)N1CCC2(CCN(CCN3CCOCC3)C2=O)C1. The van der Waals surface area contributed by atoms with Gasteiger partial charge in [-0.15, -0.1) is 0 Å². The lowest BCUT2D eigenvalue weighted by atomic mass is 9.85. The molecule has 2 amide bonds. The predicted molar refractivity (Wildman–Crippen MR) is 111 cm³/mol. The second kappa shape index (κ2) is 8.19. The molecule has 162 valence electrons. The molecule has 1 spiro atoms. The van der Waals surface area contributed by atoms with Crippen molar-refractivity contribution in [3.63, 3.8) is 0 Å². The summed E-state index contributed by atoms with van der Waals surface area (Å²) in [4.78, 5) is 32.4. The minimum absolute atomic E-state index is 0.130. The molecule has 30 heavy (non-hydrogen) atoms. The number of morpholine rings is 1. The number of nitrogens with zero attached hydrogens (tertiary/aromatic N) is 3. The minimum Gasteiger partial charge on any atom is -0.493 e. The van der Waals surface area contributed by atoms with Crippen molar-refractivity contribution in [3.8, 4) is 5.75 Å². The van der Waals surface area contributed by atoms with Gasteiger partial charge in [0.2, 0.25) is 11.8 Å². The Morgan fingerprint density at radius 1 is 1.03 bits per heavy atom. The molecule has 7 heteroatoms. The average Bonchev–Trinajstić information content (AvgIpc) is 3.48. The van der Waals surface area contributed by atoms with E-state index < -0.39 is 0 Å². The summed E-state index contributed by atoms with van der Waals surface area (Å²) >= 11 is 0. The van der Waals surface area contributed by atoms with Gasteiger partial charge in [-0.1, -0.05) is 12.1 Å². The van der Waals surface area contributed by atoms with Gasteiger partial charge < -0.3 is 19.3 Å². The molecule has 5 rings (SSSR count). The highest BCUT2D eigenvalue weighted by atomic mass is 16.5. The molecule has 1 aromatic carbocycles. The molecule has 7 nitrogen and oxygen atoms in total. The number of amides is 2. The Hall–Kier alpha value is -2.12. The number of benzene rings is 1. The number of hydrogen-bond acceptors (Lipinski definition) is 5. The average molecular weight is 414 g/mol. The lowest BCUT2D eigenvalue weighted by Crippen LogP contribution is -2.44. The summed E-state index contributed by atoms with van der Waals surface area (Å²) in [5, 5.41) is 0. The third-order valence-corrected chi connectivity index (χ3v) is 7.21. The highest BCUT2D eigenvalue weighted by molar-refractivity contribution is 5.87. The molecule has 4 aliphatic rings. The first-order chi connectivity index (χ1) is 14.6. The molecule has 1 aromatic rings. The normalized spacial score (nSPS) is 26.5. The zero-order chi connectivity index (χ0) is 20.6. The van der Waals surface area contributed by atoms with Crippen molar-refractivity contribution in [2.45, 2.75) is 25.7 Å². The van der Waals surface area contributed by atoms with Gasteiger partial charge in [0.25, 0.3) is 0 Å². The van der Waals surface area contributed by atoms with Gasteiger partial charge in [-0.25, -0.2) is 0 Å². The van der Waals surface area contributed by atoms with Crippen LogP contribution in [0.1, 0.15) is 24.0 Å². The monoisotopic (exact) mass is 413 g/mol. The Labute approximate surface area is 177 Å². The number of rotatable bonds is 5. The van der Waals surface area contributed by atoms with Crippen LogP contribution in [0.2, 0.25) is 0 Å². The summed E-state index contributed by atoms with van der Waals surface area (Å²) in [5.74, 6) is 1.33. The fourth-order valence-electron chi connectivity index (χ4n) is 5.29. The quantitative estimate of drug-likeness (QED) is 0.719. The van der Waals surface area contributed by atoms with Crippen molar-refractivity contribution < 1.29 is 19.1 Å². The standard InChI is InChI=1S/C23H31N3O4/c27-21(16-18-1-2-20-19(15-18)3-12-30-20)26-7-5-23(17-26)4-6-25(22(23)28)9-8-24-10-13-29-14-11-24/h1-2,15H,3-14,16-17H2. The molecule has 1 unspecified atom stereocenters. The number of ether oxygens (including phenoxy) is 2. The molecule has 0 N–H and O–H groups in total. The summed E-state index contributed by atoms with van der Waals surface area (Å²) in [7, 11) is 0. The van der Waals surface area contributed by atoms with Gasteiger partial charge in [0.15, 0.2) is 0 Å². The van der Waals surface area contributed by atoms with Gasteiger partial charge in [0.05, 0.1) is 31.7 Å². The van der Waals surface area contributed by atoms with Gasteiger partial charge in [-0.2, -0.15) is 0 Å². The number of likely N-dealkylation sites (tertiary alicyclic amines) is 2. The van der Waals surface area contributed by atoms with E-state index in [-0.39, 0.29) is 17.2 Å². The van der Waals surface area contributed by atoms with Crippen LogP contribution in [-0.4, -0.2) is 92.1 Å². The Morgan fingerprint density at radius 3 is 2.73 bits per heavy atom. The molecule has 0 aliphatic carbocycles. The molecule has 4 heterocycles. The Balaban J connectivity index is 1.15. The van der Waals surface area contributed by atoms with Crippen LogP contribution in [-0.2, 0) is 27.2 Å². The van der Waals surface area contributed by atoms with E-state index >= 15 is 0 Å². The van der Waals surface area contributed by atoms with E-state index in [1.54, 1.807) is 0 Å². The van der Waals surface area contributed by atoms with Gasteiger partial charge >= 0.3 is 0 Å². The molecular formula is C23H31N3O4. The number of carbonyl (C=O) groups excluding carboxylic acids is 2. The maximum Gasteiger partial charge on any atom is 0.230 e. The van der Waals surface area contributed by atoms with Crippen LogP contribution in [0.15, 0.2) is 18.2 Å². The summed E-state index contributed by atoms with van der Waals surface area (Å²) in [6.07, 6.45) is 2.98. The Kier molecular flexibility index (Phi) is 5.41. The van der Waals surface area contributed by atoms with Gasteiger partial charge in [-0.3, -0.25) is 14.5 Å². The van der Waals surface area contributed by atoms with Crippen LogP contribution in [0.25, 0.3) is 0 Å². The van der Waals surface area contributed by atoms with Crippen molar-refractivity contribution in [3.05, 3.63) is 29.3 Å². The molecule has 3 fully saturated rings. The highest BCUT2D eigenvalue weighted by Gasteiger charge is 2.51. The molecule has 0 saturated carbocycles. The van der Waals surface area contributed by atoms with Crippen LogP contribution in [0, 0.1) is 5.41 Å². The van der Waals surface area contributed by atoms with E-state index in [0.717, 1.165) is 83.1 Å². The summed E-state index contributed by atoms with van der Waals surface area (Å²) in [5.41, 5.74) is 1.88. The smallest absolute Gasteiger partial charge is 0.230 e. The zero-order valence-corrected chi connectivity index (χ0v) is 17.6. The molecule has 4 aliphatic heterocycles. The maximum absolute atomic E-state index is 13.2. The Bertz CT molecular complexity index is 823. The van der Waals surface area contributed by atoms with Gasteiger partial charge in [-0.05, 0) is 30.0 Å². The Morgan fingerprint density at radius 2 is 1.87 bits per heavy atom. The lowest BCUT2D eigenvalue weighted by molar-refractivity contribution is -0.136. The van der Waals surface area contributed by atoms with Crippen molar-refractivity contribution in [2.75, 3.05) is 65.6 Å². The predicted octanol–water partition coefficient (Wildman–Crippen LogP) is 0.947.